The number of rotatable bonds is 5. The number of hydrogen-bond acceptors (Lipinski definition) is 3. The molecule has 15 heavy (non-hydrogen) atoms. The minimum atomic E-state index is 0. The molecule has 0 spiro atoms. The Morgan fingerprint density at radius 2 is 1.53 bits per heavy atom. The molecule has 6 heteroatoms. The van der Waals surface area contributed by atoms with E-state index in [0.29, 0.717) is 12.2 Å². The fourth-order valence-corrected chi connectivity index (χ4v) is 0.659. The van der Waals surface area contributed by atoms with Crippen LogP contribution in [0.5, 0.6) is 0 Å². The highest BCUT2D eigenvalue weighted by Crippen LogP contribution is 2.12. The van der Waals surface area contributed by atoms with Gasteiger partial charge in [-0.15, -0.1) is 0 Å². The van der Waals surface area contributed by atoms with Gasteiger partial charge in [0.05, 0.1) is 26.4 Å². The van der Waals surface area contributed by atoms with Crippen LogP contribution in [0.4, 0.5) is 0 Å². The molecule has 2 unspecified atom stereocenters. The fraction of sp³-hybridized carbons (Fsp3) is 1.00. The van der Waals surface area contributed by atoms with E-state index in [2.05, 4.69) is 6.92 Å². The number of epoxide rings is 2. The Balaban J connectivity index is 0. The minimum Gasteiger partial charge on any atom is -0.412 e. The summed E-state index contributed by atoms with van der Waals surface area (Å²) in [4.78, 5) is 0. The SMILES string of the molecule is C(OCC1CO1)C1CO1.CCC[SiH3].O.[SiH4]. The number of ether oxygens (including phenoxy) is 3. The first-order valence-corrected chi connectivity index (χ1v) is 6.59. The van der Waals surface area contributed by atoms with Crippen LogP contribution in [0.1, 0.15) is 13.3 Å². The summed E-state index contributed by atoms with van der Waals surface area (Å²) in [6.07, 6.45) is 2.17. The van der Waals surface area contributed by atoms with Crippen LogP contribution in [0.2, 0.25) is 6.04 Å². The summed E-state index contributed by atoms with van der Waals surface area (Å²) in [7, 11) is 1.39. The van der Waals surface area contributed by atoms with E-state index >= 15 is 0 Å². The highest BCUT2D eigenvalue weighted by Gasteiger charge is 2.26. The van der Waals surface area contributed by atoms with Gasteiger partial charge in [-0.1, -0.05) is 19.4 Å². The van der Waals surface area contributed by atoms with E-state index in [4.69, 9.17) is 14.2 Å². The molecule has 0 aromatic rings. The van der Waals surface area contributed by atoms with Crippen molar-refractivity contribution in [2.45, 2.75) is 31.6 Å². The van der Waals surface area contributed by atoms with Gasteiger partial charge in [-0.25, -0.2) is 0 Å². The van der Waals surface area contributed by atoms with Crippen molar-refractivity contribution in [2.24, 2.45) is 0 Å². The third-order valence-corrected chi connectivity index (χ3v) is 2.91. The molecule has 0 aromatic heterocycles. The first kappa shape index (κ1) is 17.7. The summed E-state index contributed by atoms with van der Waals surface area (Å²) in [5, 5.41) is 0. The van der Waals surface area contributed by atoms with Gasteiger partial charge in [-0.2, -0.15) is 0 Å². The third kappa shape index (κ3) is 12.2. The Morgan fingerprint density at radius 1 is 1.20 bits per heavy atom. The van der Waals surface area contributed by atoms with Crippen molar-refractivity contribution in [1.82, 2.24) is 0 Å². The largest absolute Gasteiger partial charge is 0.412 e. The topological polar surface area (TPSA) is 65.8 Å². The van der Waals surface area contributed by atoms with Gasteiger partial charge in [0.2, 0.25) is 0 Å². The molecule has 2 rings (SSSR count). The van der Waals surface area contributed by atoms with Crippen molar-refractivity contribution in [1.29, 1.82) is 0 Å². The van der Waals surface area contributed by atoms with E-state index in [1.807, 2.05) is 0 Å². The van der Waals surface area contributed by atoms with Gasteiger partial charge in [0.25, 0.3) is 0 Å². The minimum absolute atomic E-state index is 0. The lowest BCUT2D eigenvalue weighted by atomic mass is 10.5. The Morgan fingerprint density at radius 3 is 1.73 bits per heavy atom. The molecule has 0 amide bonds. The van der Waals surface area contributed by atoms with Crippen LogP contribution < -0.4 is 0 Å². The van der Waals surface area contributed by atoms with E-state index in [-0.39, 0.29) is 16.4 Å². The highest BCUT2D eigenvalue weighted by atomic mass is 28.1. The first-order valence-electron chi connectivity index (χ1n) is 5.17. The molecule has 2 aliphatic rings. The summed E-state index contributed by atoms with van der Waals surface area (Å²) in [6.45, 7) is 5.48. The summed E-state index contributed by atoms with van der Waals surface area (Å²) >= 11 is 0. The van der Waals surface area contributed by atoms with Crippen LogP contribution in [0, 0.1) is 0 Å². The van der Waals surface area contributed by atoms with Crippen LogP contribution >= 0.6 is 0 Å². The molecule has 2 saturated heterocycles. The summed E-state index contributed by atoms with van der Waals surface area (Å²) in [5.74, 6) is 0. The molecule has 0 radical (unpaired) electrons. The molecule has 2 heterocycles. The van der Waals surface area contributed by atoms with E-state index in [9.17, 15) is 0 Å². The maximum absolute atomic E-state index is 5.23. The monoisotopic (exact) mass is 254 g/mol. The van der Waals surface area contributed by atoms with Crippen LogP contribution in [0.15, 0.2) is 0 Å². The molecule has 2 aliphatic heterocycles. The quantitative estimate of drug-likeness (QED) is 0.410. The lowest BCUT2D eigenvalue weighted by molar-refractivity contribution is 0.102. The summed E-state index contributed by atoms with van der Waals surface area (Å²) in [5.41, 5.74) is 0. The normalized spacial score (nSPS) is 25.4. The molecule has 0 bridgehead atoms. The zero-order valence-electron chi connectivity index (χ0n) is 9.12. The highest BCUT2D eigenvalue weighted by molar-refractivity contribution is 6.08. The van der Waals surface area contributed by atoms with Crippen molar-refractivity contribution in [3.8, 4) is 0 Å². The lowest BCUT2D eigenvalue weighted by Gasteiger charge is -1.95. The fourth-order valence-electron chi connectivity index (χ4n) is 0.659. The standard InChI is InChI=1S/C6H10O3.C3H10Si.H2O.H4Si/c1(5-3-8-5)7-2-6-4-9-6;1-2-3-4;;/h5-6H,1-4H2;2-3H2,1,4H3;1H2;1H4. The maximum atomic E-state index is 5.23. The Hall–Kier alpha value is 0.274. The van der Waals surface area contributed by atoms with Crippen LogP contribution in [0.3, 0.4) is 0 Å². The predicted molar refractivity (Wildman–Crippen MR) is 70.3 cm³/mol. The average Bonchev–Trinajstić information content (AvgIpc) is 2.98. The third-order valence-electron chi connectivity index (χ3n) is 1.91. The average molecular weight is 254 g/mol. The lowest BCUT2D eigenvalue weighted by Crippen LogP contribution is -2.06. The summed E-state index contributed by atoms with van der Waals surface area (Å²) < 4.78 is 15.1. The Bertz CT molecular complexity index is 115. The van der Waals surface area contributed by atoms with Gasteiger partial charge in [0, 0.05) is 10.2 Å². The second-order valence-electron chi connectivity index (χ2n) is 3.45. The van der Waals surface area contributed by atoms with E-state index < -0.39 is 0 Å². The molecule has 0 saturated carbocycles. The molecule has 0 aliphatic carbocycles. The van der Waals surface area contributed by atoms with Crippen molar-refractivity contribution in [2.75, 3.05) is 26.4 Å². The van der Waals surface area contributed by atoms with Crippen molar-refractivity contribution >= 4 is 21.2 Å². The van der Waals surface area contributed by atoms with E-state index in [1.54, 1.807) is 0 Å². The predicted octanol–water partition coefficient (Wildman–Crippen LogP) is -2.30. The first-order chi connectivity index (χ1) is 6.36. The zero-order valence-corrected chi connectivity index (χ0v) is 11.1. The van der Waals surface area contributed by atoms with E-state index in [0.717, 1.165) is 26.4 Å². The Labute approximate surface area is 99.4 Å². The van der Waals surface area contributed by atoms with Gasteiger partial charge in [-0.05, 0) is 11.0 Å². The van der Waals surface area contributed by atoms with Gasteiger partial charge < -0.3 is 19.7 Å². The van der Waals surface area contributed by atoms with Crippen LogP contribution in [-0.2, 0) is 14.2 Å². The number of hydrogen-bond donors (Lipinski definition) is 0. The molecule has 2 fully saturated rings. The van der Waals surface area contributed by atoms with Crippen LogP contribution in [-0.4, -0.2) is 65.3 Å². The Kier molecular flexibility index (Phi) is 12.7. The maximum Gasteiger partial charge on any atom is 0.104 e. The second-order valence-corrected chi connectivity index (χ2v) is 4.45. The molecular formula is C9H26O4Si2. The van der Waals surface area contributed by atoms with Gasteiger partial charge in [0.15, 0.2) is 0 Å². The van der Waals surface area contributed by atoms with Gasteiger partial charge in [-0.3, -0.25) is 0 Å². The second kappa shape index (κ2) is 10.8. The molecular weight excluding hydrogens is 228 g/mol. The van der Waals surface area contributed by atoms with E-state index in [1.165, 1.54) is 22.7 Å². The molecule has 4 nitrogen and oxygen atoms in total. The molecule has 0 aromatic carbocycles. The van der Waals surface area contributed by atoms with Crippen molar-refractivity contribution in [3.63, 3.8) is 0 Å². The smallest absolute Gasteiger partial charge is 0.104 e. The zero-order chi connectivity index (χ0) is 9.52. The van der Waals surface area contributed by atoms with Gasteiger partial charge >= 0.3 is 0 Å². The van der Waals surface area contributed by atoms with Crippen molar-refractivity contribution < 1.29 is 19.7 Å². The molecule has 2 N–H and O–H groups in total. The molecule has 94 valence electrons. The van der Waals surface area contributed by atoms with Crippen molar-refractivity contribution in [3.05, 3.63) is 0 Å². The van der Waals surface area contributed by atoms with Gasteiger partial charge in [0.1, 0.15) is 12.2 Å². The summed E-state index contributed by atoms with van der Waals surface area (Å²) in [6, 6.07) is 1.46. The molecule has 2 atom stereocenters. The van der Waals surface area contributed by atoms with Crippen LogP contribution in [0.25, 0.3) is 0 Å².